The number of hydrogen-bond donors (Lipinski definition) is 0. The summed E-state index contributed by atoms with van der Waals surface area (Å²) in [6.07, 6.45) is 0. The van der Waals surface area contributed by atoms with Gasteiger partial charge < -0.3 is 4.42 Å². The topological polar surface area (TPSA) is 13.1 Å². The third kappa shape index (κ3) is 3.90. The lowest BCUT2D eigenvalue weighted by Crippen LogP contribution is -1.91. The molecule has 218 valence electrons. The minimum atomic E-state index is 0.910. The Morgan fingerprint density at radius 2 is 0.745 bits per heavy atom. The van der Waals surface area contributed by atoms with Crippen LogP contribution in [-0.2, 0) is 0 Å². The van der Waals surface area contributed by atoms with Gasteiger partial charge in [0.15, 0.2) is 0 Å². The molecular formula is C46H28O. The fourth-order valence-corrected chi connectivity index (χ4v) is 7.79. The second-order valence-corrected chi connectivity index (χ2v) is 12.4. The van der Waals surface area contributed by atoms with Crippen LogP contribution in [0, 0.1) is 0 Å². The molecule has 10 aromatic rings. The van der Waals surface area contributed by atoms with Crippen molar-refractivity contribution in [2.75, 3.05) is 0 Å². The summed E-state index contributed by atoms with van der Waals surface area (Å²) >= 11 is 0. The Morgan fingerprint density at radius 3 is 1.40 bits per heavy atom. The second kappa shape index (κ2) is 10.2. The van der Waals surface area contributed by atoms with Crippen molar-refractivity contribution < 1.29 is 4.42 Å². The molecule has 0 spiro atoms. The molecule has 1 nitrogen and oxygen atoms in total. The van der Waals surface area contributed by atoms with Crippen LogP contribution in [0.4, 0.5) is 0 Å². The Labute approximate surface area is 271 Å². The Bertz CT molecular complexity index is 2780. The van der Waals surface area contributed by atoms with Crippen LogP contribution in [0.15, 0.2) is 174 Å². The van der Waals surface area contributed by atoms with Gasteiger partial charge in [-0.2, -0.15) is 0 Å². The van der Waals surface area contributed by atoms with Gasteiger partial charge in [0, 0.05) is 16.2 Å². The van der Waals surface area contributed by atoms with Crippen LogP contribution >= 0.6 is 0 Å². The van der Waals surface area contributed by atoms with E-state index in [1.54, 1.807) is 0 Å². The minimum absolute atomic E-state index is 0.910. The smallest absolute Gasteiger partial charge is 0.143 e. The van der Waals surface area contributed by atoms with Gasteiger partial charge in [0.05, 0.1) is 0 Å². The zero-order valence-electron chi connectivity index (χ0n) is 25.6. The highest BCUT2D eigenvalue weighted by molar-refractivity contribution is 6.30. The first-order chi connectivity index (χ1) is 23.3. The maximum absolute atomic E-state index is 6.72. The Balaban J connectivity index is 1.19. The van der Waals surface area contributed by atoms with E-state index in [-0.39, 0.29) is 0 Å². The molecule has 9 aromatic carbocycles. The molecule has 0 radical (unpaired) electrons. The molecule has 0 aliphatic rings. The van der Waals surface area contributed by atoms with Crippen LogP contribution in [-0.4, -0.2) is 0 Å². The predicted octanol–water partition coefficient (Wildman–Crippen LogP) is 13.2. The molecule has 0 unspecified atom stereocenters. The summed E-state index contributed by atoms with van der Waals surface area (Å²) in [6, 6.07) is 61.4. The van der Waals surface area contributed by atoms with Gasteiger partial charge in [0.25, 0.3) is 0 Å². The highest BCUT2D eigenvalue weighted by atomic mass is 16.3. The molecule has 1 heteroatoms. The van der Waals surface area contributed by atoms with Crippen molar-refractivity contribution in [1.29, 1.82) is 0 Å². The standard InChI is InChI=1S/C46H28O/c1-2-13-29(14-3-1)43-36-20-7-9-22-38(36)44(39-23-10-8-21-37(39)43)32-16-12-15-30(27-32)31-25-26-41-42(28-31)47-46-40-24-11-5-18-34(40)33-17-4-6-19-35(33)45(41)46/h1-28H. The third-order valence-electron chi connectivity index (χ3n) is 9.83. The van der Waals surface area contributed by atoms with E-state index < -0.39 is 0 Å². The largest absolute Gasteiger partial charge is 0.455 e. The Hall–Kier alpha value is -6.18. The van der Waals surface area contributed by atoms with Crippen LogP contribution < -0.4 is 0 Å². The van der Waals surface area contributed by atoms with Crippen molar-refractivity contribution in [1.82, 2.24) is 0 Å². The average molecular weight is 597 g/mol. The number of furan rings is 1. The number of benzene rings is 9. The highest BCUT2D eigenvalue weighted by Gasteiger charge is 2.18. The van der Waals surface area contributed by atoms with E-state index in [0.29, 0.717) is 0 Å². The summed E-state index contributed by atoms with van der Waals surface area (Å²) in [7, 11) is 0. The van der Waals surface area contributed by atoms with E-state index in [4.69, 9.17) is 4.42 Å². The van der Waals surface area contributed by atoms with E-state index in [9.17, 15) is 0 Å². The zero-order chi connectivity index (χ0) is 30.9. The summed E-state index contributed by atoms with van der Waals surface area (Å²) in [4.78, 5) is 0. The predicted molar refractivity (Wildman–Crippen MR) is 200 cm³/mol. The van der Waals surface area contributed by atoms with Crippen LogP contribution in [0.5, 0.6) is 0 Å². The average Bonchev–Trinajstić information content (AvgIpc) is 3.54. The molecule has 0 atom stereocenters. The number of rotatable bonds is 3. The van der Waals surface area contributed by atoms with Crippen molar-refractivity contribution >= 4 is 65.0 Å². The van der Waals surface area contributed by atoms with E-state index in [2.05, 4.69) is 170 Å². The molecule has 1 heterocycles. The van der Waals surface area contributed by atoms with Gasteiger partial charge in [-0.1, -0.05) is 152 Å². The summed E-state index contributed by atoms with van der Waals surface area (Å²) in [6.45, 7) is 0. The normalized spacial score (nSPS) is 11.8. The zero-order valence-corrected chi connectivity index (χ0v) is 25.6. The third-order valence-corrected chi connectivity index (χ3v) is 9.83. The van der Waals surface area contributed by atoms with Crippen molar-refractivity contribution in [2.45, 2.75) is 0 Å². The molecule has 0 amide bonds. The van der Waals surface area contributed by atoms with Crippen molar-refractivity contribution in [3.8, 4) is 33.4 Å². The van der Waals surface area contributed by atoms with Crippen LogP contribution in [0.3, 0.4) is 0 Å². The van der Waals surface area contributed by atoms with Gasteiger partial charge in [-0.05, 0) is 89.3 Å². The maximum atomic E-state index is 6.72. The summed E-state index contributed by atoms with van der Waals surface area (Å²) in [5, 5.41) is 12.2. The van der Waals surface area contributed by atoms with Crippen LogP contribution in [0.1, 0.15) is 0 Å². The van der Waals surface area contributed by atoms with E-state index in [1.165, 1.54) is 70.9 Å². The van der Waals surface area contributed by atoms with Crippen LogP contribution in [0.25, 0.3) is 98.4 Å². The first-order valence-corrected chi connectivity index (χ1v) is 16.2. The molecule has 1 aromatic heterocycles. The lowest BCUT2D eigenvalue weighted by molar-refractivity contribution is 0.673. The first-order valence-electron chi connectivity index (χ1n) is 16.2. The quantitative estimate of drug-likeness (QED) is 0.146. The first kappa shape index (κ1) is 26.1. The maximum Gasteiger partial charge on any atom is 0.143 e. The Kier molecular flexibility index (Phi) is 5.64. The van der Waals surface area contributed by atoms with Gasteiger partial charge >= 0.3 is 0 Å². The highest BCUT2D eigenvalue weighted by Crippen LogP contribution is 2.45. The van der Waals surface area contributed by atoms with E-state index in [1.807, 2.05) is 0 Å². The summed E-state index contributed by atoms with van der Waals surface area (Å²) in [5.74, 6) is 0. The fraction of sp³-hybridized carbons (Fsp3) is 0. The van der Waals surface area contributed by atoms with Crippen molar-refractivity contribution in [3.05, 3.63) is 170 Å². The van der Waals surface area contributed by atoms with E-state index in [0.717, 1.165) is 27.5 Å². The van der Waals surface area contributed by atoms with Gasteiger partial charge in [0.1, 0.15) is 11.2 Å². The molecule has 0 bridgehead atoms. The van der Waals surface area contributed by atoms with E-state index >= 15 is 0 Å². The number of hydrogen-bond acceptors (Lipinski definition) is 1. The van der Waals surface area contributed by atoms with Gasteiger partial charge in [-0.25, -0.2) is 0 Å². The second-order valence-electron chi connectivity index (χ2n) is 12.4. The van der Waals surface area contributed by atoms with Gasteiger partial charge in [0.2, 0.25) is 0 Å². The molecule has 0 N–H and O–H groups in total. The molecule has 47 heavy (non-hydrogen) atoms. The molecule has 0 aliphatic heterocycles. The molecule has 0 saturated heterocycles. The molecule has 0 fully saturated rings. The monoisotopic (exact) mass is 596 g/mol. The summed E-state index contributed by atoms with van der Waals surface area (Å²) < 4.78 is 6.72. The minimum Gasteiger partial charge on any atom is -0.455 e. The van der Waals surface area contributed by atoms with Gasteiger partial charge in [-0.15, -0.1) is 0 Å². The summed E-state index contributed by atoms with van der Waals surface area (Å²) in [5.41, 5.74) is 9.16. The SMILES string of the molecule is c1ccc(-c2c3ccccc3c(-c3cccc(-c4ccc5c(c4)oc4c6ccccc6c6ccccc6c54)c3)c3ccccc23)cc1. The molecule has 10 rings (SSSR count). The molecule has 0 saturated carbocycles. The number of fused-ring (bicyclic) bond motifs is 10. The fourth-order valence-electron chi connectivity index (χ4n) is 7.79. The Morgan fingerprint density at radius 1 is 0.277 bits per heavy atom. The molecular weight excluding hydrogens is 569 g/mol. The lowest BCUT2D eigenvalue weighted by atomic mass is 9.85. The molecule has 0 aliphatic carbocycles. The van der Waals surface area contributed by atoms with Crippen molar-refractivity contribution in [3.63, 3.8) is 0 Å². The van der Waals surface area contributed by atoms with Gasteiger partial charge in [-0.3, -0.25) is 0 Å². The van der Waals surface area contributed by atoms with Crippen molar-refractivity contribution in [2.24, 2.45) is 0 Å². The van der Waals surface area contributed by atoms with Crippen LogP contribution in [0.2, 0.25) is 0 Å². The lowest BCUT2D eigenvalue weighted by Gasteiger charge is -2.18.